The first-order valence-corrected chi connectivity index (χ1v) is 13.4. The van der Waals surface area contributed by atoms with Crippen molar-refractivity contribution in [2.75, 3.05) is 42.0 Å². The van der Waals surface area contributed by atoms with Gasteiger partial charge in [0.05, 0.1) is 28.4 Å². The first-order chi connectivity index (χ1) is 16.3. The van der Waals surface area contributed by atoms with E-state index in [0.29, 0.717) is 6.04 Å². The zero-order valence-electron chi connectivity index (χ0n) is 19.9. The average Bonchev–Trinajstić information content (AvgIpc) is 2.77. The first kappa shape index (κ1) is 27.4. The van der Waals surface area contributed by atoms with E-state index in [1.165, 1.54) is 16.7 Å². The van der Waals surface area contributed by atoms with Crippen molar-refractivity contribution in [3.8, 4) is 34.1 Å². The second-order valence-corrected chi connectivity index (χ2v) is 10.6. The van der Waals surface area contributed by atoms with Gasteiger partial charge in [0, 0.05) is 18.2 Å². The topological polar surface area (TPSA) is 164 Å². The molecular weight excluding hydrogens is 504 g/mol. The van der Waals surface area contributed by atoms with Gasteiger partial charge in [0.2, 0.25) is 0 Å². The van der Waals surface area contributed by atoms with Crippen molar-refractivity contribution >= 4 is 15.6 Å². The molecule has 1 heterocycles. The summed E-state index contributed by atoms with van der Waals surface area (Å²) in [5, 5.41) is 0. The second kappa shape index (κ2) is 10.5. The number of hydrogen-bond donors (Lipinski definition) is 4. The molecule has 0 unspecified atom stereocenters. The van der Waals surface area contributed by atoms with E-state index in [1.807, 2.05) is 0 Å². The highest BCUT2D eigenvalue weighted by atomic mass is 31.3. The predicted molar refractivity (Wildman–Crippen MR) is 126 cm³/mol. The van der Waals surface area contributed by atoms with E-state index in [2.05, 4.69) is 34.5 Å². The molecule has 12 nitrogen and oxygen atoms in total. The van der Waals surface area contributed by atoms with E-state index >= 15 is 0 Å². The van der Waals surface area contributed by atoms with Gasteiger partial charge in [-0.05, 0) is 60.3 Å². The fourth-order valence-electron chi connectivity index (χ4n) is 4.52. The van der Waals surface area contributed by atoms with E-state index in [9.17, 15) is 9.13 Å². The summed E-state index contributed by atoms with van der Waals surface area (Å²) in [6, 6.07) is 6.64. The Balaban J connectivity index is 0.000000327. The number of benzene rings is 2. The zero-order chi connectivity index (χ0) is 26.1. The Kier molecular flexibility index (Phi) is 8.20. The minimum Gasteiger partial charge on any atom is -0.493 e. The van der Waals surface area contributed by atoms with Crippen molar-refractivity contribution in [3.63, 3.8) is 0 Å². The maximum absolute atomic E-state index is 9.63. The number of phosphoric acid groups is 2. The molecule has 0 bridgehead atoms. The van der Waals surface area contributed by atoms with Gasteiger partial charge >= 0.3 is 15.6 Å². The highest BCUT2D eigenvalue weighted by molar-refractivity contribution is 7.60. The molecule has 0 saturated heterocycles. The molecule has 2 aromatic carbocycles. The second-order valence-electron chi connectivity index (χ2n) is 7.94. The Bertz CT molecular complexity index is 1170. The van der Waals surface area contributed by atoms with Crippen molar-refractivity contribution in [1.82, 2.24) is 4.90 Å². The minimum absolute atomic E-state index is 0.333. The van der Waals surface area contributed by atoms with E-state index in [1.54, 1.807) is 28.4 Å². The third-order valence-electron chi connectivity index (χ3n) is 5.90. The van der Waals surface area contributed by atoms with Crippen LogP contribution in [-0.4, -0.2) is 66.5 Å². The Hall–Kier alpha value is -2.14. The van der Waals surface area contributed by atoms with Crippen LogP contribution in [0, 0.1) is 0 Å². The van der Waals surface area contributed by atoms with Gasteiger partial charge in [-0.3, -0.25) is 4.90 Å². The van der Waals surface area contributed by atoms with Crippen LogP contribution >= 0.6 is 15.6 Å². The largest absolute Gasteiger partial charge is 0.493 e. The van der Waals surface area contributed by atoms with Crippen LogP contribution in [0.15, 0.2) is 18.2 Å². The van der Waals surface area contributed by atoms with E-state index in [-0.39, 0.29) is 0 Å². The Morgan fingerprint density at radius 3 is 1.86 bits per heavy atom. The first-order valence-electron chi connectivity index (χ1n) is 10.4. The van der Waals surface area contributed by atoms with Crippen LogP contribution in [-0.2, 0) is 26.3 Å². The molecule has 0 fully saturated rings. The number of nitrogens with zero attached hydrogens (tertiary/aromatic N) is 1. The number of ether oxygens (including phenoxy) is 4. The van der Waals surface area contributed by atoms with Crippen molar-refractivity contribution < 1.29 is 52.0 Å². The molecule has 4 N–H and O–H groups in total. The van der Waals surface area contributed by atoms with Crippen molar-refractivity contribution in [3.05, 3.63) is 34.9 Å². The number of methoxy groups -OCH3 is 4. The van der Waals surface area contributed by atoms with Gasteiger partial charge in [-0.15, -0.1) is 0 Å². The highest BCUT2D eigenvalue weighted by Gasteiger charge is 2.37. The lowest BCUT2D eigenvalue weighted by molar-refractivity contribution is 0.225. The Morgan fingerprint density at radius 2 is 1.37 bits per heavy atom. The molecule has 0 spiro atoms. The van der Waals surface area contributed by atoms with Gasteiger partial charge in [0.25, 0.3) is 0 Å². The molecule has 2 aromatic rings. The summed E-state index contributed by atoms with van der Waals surface area (Å²) >= 11 is 0. The van der Waals surface area contributed by atoms with Crippen molar-refractivity contribution in [2.24, 2.45) is 0 Å². The molecule has 1 atom stereocenters. The smallest absolute Gasteiger partial charge is 0.478 e. The lowest BCUT2D eigenvalue weighted by Gasteiger charge is -2.40. The lowest BCUT2D eigenvalue weighted by atomic mass is 9.76. The van der Waals surface area contributed by atoms with Crippen LogP contribution in [0.25, 0.3) is 11.1 Å². The van der Waals surface area contributed by atoms with Gasteiger partial charge in [0.15, 0.2) is 23.0 Å². The van der Waals surface area contributed by atoms with Crippen molar-refractivity contribution in [1.29, 1.82) is 0 Å². The van der Waals surface area contributed by atoms with E-state index in [0.717, 1.165) is 53.5 Å². The number of likely N-dealkylation sites (N-methyl/N-ethyl adjacent to an activating group) is 1. The normalized spacial score (nSPS) is 16.9. The molecule has 1 aliphatic carbocycles. The SMILES string of the molecule is COc1cc2c(cc1OC)-c1c(OC)c(OC)cc3c1[C@H](C2)N(C)CC3.O=P(O)(O)OP(=O)(O)O. The molecule has 0 amide bonds. The predicted octanol–water partition coefficient (Wildman–Crippen LogP) is 2.66. The van der Waals surface area contributed by atoms with Gasteiger partial charge in [-0.25, -0.2) is 9.13 Å². The van der Waals surface area contributed by atoms with Crippen LogP contribution in [0.1, 0.15) is 22.7 Å². The lowest BCUT2D eigenvalue weighted by Crippen LogP contribution is -2.35. The number of rotatable bonds is 6. The summed E-state index contributed by atoms with van der Waals surface area (Å²) in [4.78, 5) is 33.4. The monoisotopic (exact) mass is 533 g/mol. The Morgan fingerprint density at radius 1 is 0.829 bits per heavy atom. The molecule has 2 aliphatic rings. The fourth-order valence-corrected chi connectivity index (χ4v) is 5.63. The van der Waals surface area contributed by atoms with Crippen LogP contribution < -0.4 is 18.9 Å². The summed E-state index contributed by atoms with van der Waals surface area (Å²) in [6.07, 6.45) is 1.96. The zero-order valence-corrected chi connectivity index (χ0v) is 21.7. The van der Waals surface area contributed by atoms with Crippen LogP contribution in [0.5, 0.6) is 23.0 Å². The number of hydrogen-bond acceptors (Lipinski definition) is 8. The minimum atomic E-state index is -5.05. The van der Waals surface area contributed by atoms with Crippen LogP contribution in [0.3, 0.4) is 0 Å². The van der Waals surface area contributed by atoms with Crippen LogP contribution in [0.2, 0.25) is 0 Å². The average molecular weight is 533 g/mol. The molecule has 14 heteroatoms. The van der Waals surface area contributed by atoms with Gasteiger partial charge in [0.1, 0.15) is 0 Å². The van der Waals surface area contributed by atoms with Crippen LogP contribution in [0.4, 0.5) is 0 Å². The van der Waals surface area contributed by atoms with Gasteiger partial charge in [-0.2, -0.15) is 4.31 Å². The maximum atomic E-state index is 9.63. The molecule has 35 heavy (non-hydrogen) atoms. The summed E-state index contributed by atoms with van der Waals surface area (Å²) in [5.41, 5.74) is 6.21. The molecule has 194 valence electrons. The molecule has 0 radical (unpaired) electrons. The molecule has 0 aromatic heterocycles. The summed E-state index contributed by atoms with van der Waals surface area (Å²) < 4.78 is 44.8. The number of fused-ring (bicyclic) bond motifs is 2. The quantitative estimate of drug-likeness (QED) is 0.402. The fraction of sp³-hybridized carbons (Fsp3) is 0.429. The summed E-state index contributed by atoms with van der Waals surface area (Å²) in [5.74, 6) is 3.06. The molecule has 1 aliphatic heterocycles. The van der Waals surface area contributed by atoms with E-state index in [4.69, 9.17) is 38.5 Å². The molecule has 0 saturated carbocycles. The third kappa shape index (κ3) is 5.99. The summed E-state index contributed by atoms with van der Waals surface area (Å²) in [6.45, 7) is 1.04. The Labute approximate surface area is 202 Å². The van der Waals surface area contributed by atoms with Gasteiger partial charge in [-0.1, -0.05) is 0 Å². The van der Waals surface area contributed by atoms with Gasteiger partial charge < -0.3 is 38.5 Å². The van der Waals surface area contributed by atoms with Crippen molar-refractivity contribution in [2.45, 2.75) is 18.9 Å². The molecule has 4 rings (SSSR count). The highest BCUT2D eigenvalue weighted by Crippen LogP contribution is 2.54. The maximum Gasteiger partial charge on any atom is 0.478 e. The third-order valence-corrected chi connectivity index (χ3v) is 7.60. The summed E-state index contributed by atoms with van der Waals surface area (Å²) in [7, 11) is -1.16. The molecular formula is C21H29NO11P2. The standard InChI is InChI=1S/C21H25NO4.H4O7P2/c1-22-7-6-12-9-18(25-4)21(26-5)20-14-11-17(24-3)16(23-2)10-13(14)8-15(22)19(12)20;1-8(2,3)7-9(4,5)6/h9-11,15H,6-8H2,1-5H3;(H2,1,2,3)(H2,4,5,6)/t15-;/m0./s1. The van der Waals surface area contributed by atoms with E-state index < -0.39 is 15.6 Å².